The zero-order chi connectivity index (χ0) is 13.8. The molecule has 5 heteroatoms. The van der Waals surface area contributed by atoms with E-state index < -0.39 is 0 Å². The molecule has 104 valence electrons. The Balaban J connectivity index is 1.91. The van der Waals surface area contributed by atoms with Crippen LogP contribution in [0, 0.1) is 5.92 Å². The smallest absolute Gasteiger partial charge is 0.235 e. The minimum absolute atomic E-state index is 0.112. The summed E-state index contributed by atoms with van der Waals surface area (Å²) in [5.74, 6) is 0.396. The zero-order valence-corrected chi connectivity index (χ0v) is 12.5. The molecule has 1 aromatic rings. The van der Waals surface area contributed by atoms with Gasteiger partial charge < -0.3 is 10.0 Å². The van der Waals surface area contributed by atoms with Crippen molar-refractivity contribution >= 4 is 29.3 Å². The molecular weight excluding hydrogens is 282 g/mol. The van der Waals surface area contributed by atoms with Crippen molar-refractivity contribution < 1.29 is 9.90 Å². The largest absolute Gasteiger partial charge is 0.396 e. The van der Waals surface area contributed by atoms with Gasteiger partial charge in [0.15, 0.2) is 0 Å². The Kier molecular flexibility index (Phi) is 5.13. The van der Waals surface area contributed by atoms with Gasteiger partial charge in [-0.1, -0.05) is 11.6 Å². The first-order chi connectivity index (χ1) is 9.10. The van der Waals surface area contributed by atoms with Crippen molar-refractivity contribution in [3.8, 4) is 0 Å². The van der Waals surface area contributed by atoms with Gasteiger partial charge in [0.05, 0.1) is 5.25 Å². The van der Waals surface area contributed by atoms with Crippen LogP contribution in [0.15, 0.2) is 29.2 Å². The van der Waals surface area contributed by atoms with E-state index in [4.69, 9.17) is 16.7 Å². The van der Waals surface area contributed by atoms with E-state index >= 15 is 0 Å². The molecule has 2 atom stereocenters. The van der Waals surface area contributed by atoms with E-state index in [1.807, 2.05) is 36.1 Å². The SMILES string of the molecule is CC(Sc1ccc(Cl)cc1)C(=O)N1CCC(CO)C1. The lowest BCUT2D eigenvalue weighted by Crippen LogP contribution is -2.35. The number of nitrogens with zero attached hydrogens (tertiary/aromatic N) is 1. The van der Waals surface area contributed by atoms with Crippen molar-refractivity contribution in [2.75, 3.05) is 19.7 Å². The number of thioether (sulfide) groups is 1. The maximum atomic E-state index is 12.3. The van der Waals surface area contributed by atoms with Crippen molar-refractivity contribution in [1.82, 2.24) is 4.90 Å². The molecule has 1 heterocycles. The van der Waals surface area contributed by atoms with Crippen LogP contribution < -0.4 is 0 Å². The lowest BCUT2D eigenvalue weighted by molar-refractivity contribution is -0.129. The number of hydrogen-bond donors (Lipinski definition) is 1. The van der Waals surface area contributed by atoms with Gasteiger partial charge in [-0.2, -0.15) is 0 Å². The molecule has 1 aromatic carbocycles. The van der Waals surface area contributed by atoms with Crippen LogP contribution in [-0.4, -0.2) is 40.9 Å². The summed E-state index contributed by atoms with van der Waals surface area (Å²) in [5, 5.41) is 9.70. The van der Waals surface area contributed by atoms with Crippen LogP contribution in [-0.2, 0) is 4.79 Å². The zero-order valence-electron chi connectivity index (χ0n) is 10.9. The first kappa shape index (κ1) is 14.7. The number of hydrogen-bond acceptors (Lipinski definition) is 3. The molecular formula is C14H18ClNO2S. The second-order valence-electron chi connectivity index (χ2n) is 4.84. The summed E-state index contributed by atoms with van der Waals surface area (Å²) in [6, 6.07) is 7.52. The van der Waals surface area contributed by atoms with E-state index in [1.165, 1.54) is 0 Å². The number of carbonyl (C=O) groups excluding carboxylic acids is 1. The molecule has 1 amide bonds. The number of amides is 1. The highest BCUT2D eigenvalue weighted by molar-refractivity contribution is 8.00. The van der Waals surface area contributed by atoms with Crippen LogP contribution in [0.3, 0.4) is 0 Å². The summed E-state index contributed by atoms with van der Waals surface area (Å²) in [5.41, 5.74) is 0. The Hall–Kier alpha value is -0.710. The number of benzene rings is 1. The van der Waals surface area contributed by atoms with E-state index in [-0.39, 0.29) is 23.7 Å². The quantitative estimate of drug-likeness (QED) is 0.869. The summed E-state index contributed by atoms with van der Waals surface area (Å²) in [6.45, 7) is 3.53. The van der Waals surface area contributed by atoms with Crippen LogP contribution >= 0.6 is 23.4 Å². The number of rotatable bonds is 4. The van der Waals surface area contributed by atoms with E-state index in [1.54, 1.807) is 11.8 Å². The predicted molar refractivity (Wildman–Crippen MR) is 78.5 cm³/mol. The van der Waals surface area contributed by atoms with Crippen molar-refractivity contribution in [3.05, 3.63) is 29.3 Å². The minimum Gasteiger partial charge on any atom is -0.396 e. The first-order valence-electron chi connectivity index (χ1n) is 6.42. The van der Waals surface area contributed by atoms with Crippen molar-refractivity contribution in [3.63, 3.8) is 0 Å². The van der Waals surface area contributed by atoms with E-state index in [0.717, 1.165) is 17.9 Å². The maximum Gasteiger partial charge on any atom is 0.235 e. The summed E-state index contributed by atoms with van der Waals surface area (Å²) in [6.07, 6.45) is 0.903. The average molecular weight is 300 g/mol. The Labute approximate surface area is 122 Å². The summed E-state index contributed by atoms with van der Waals surface area (Å²) in [4.78, 5) is 15.2. The van der Waals surface area contributed by atoms with Crippen molar-refractivity contribution in [2.24, 2.45) is 5.92 Å². The van der Waals surface area contributed by atoms with Gasteiger partial charge in [-0.15, -0.1) is 11.8 Å². The van der Waals surface area contributed by atoms with Crippen molar-refractivity contribution in [2.45, 2.75) is 23.5 Å². The molecule has 1 aliphatic heterocycles. The maximum absolute atomic E-state index is 12.3. The lowest BCUT2D eigenvalue weighted by atomic mass is 10.1. The highest BCUT2D eigenvalue weighted by atomic mass is 35.5. The number of likely N-dealkylation sites (tertiary alicyclic amines) is 1. The molecule has 2 rings (SSSR count). The summed E-state index contributed by atoms with van der Waals surface area (Å²) < 4.78 is 0. The summed E-state index contributed by atoms with van der Waals surface area (Å²) >= 11 is 7.38. The molecule has 0 radical (unpaired) electrons. The number of carbonyl (C=O) groups is 1. The molecule has 1 N–H and O–H groups in total. The highest BCUT2D eigenvalue weighted by Gasteiger charge is 2.28. The fraction of sp³-hybridized carbons (Fsp3) is 0.500. The van der Waals surface area contributed by atoms with Crippen LogP contribution in [0.1, 0.15) is 13.3 Å². The van der Waals surface area contributed by atoms with Gasteiger partial charge in [0.25, 0.3) is 0 Å². The minimum atomic E-state index is -0.112. The second-order valence-corrected chi connectivity index (χ2v) is 6.69. The van der Waals surface area contributed by atoms with Crippen LogP contribution in [0.5, 0.6) is 0 Å². The summed E-state index contributed by atoms with van der Waals surface area (Å²) in [7, 11) is 0. The number of halogens is 1. The average Bonchev–Trinajstić information content (AvgIpc) is 2.89. The molecule has 0 saturated carbocycles. The number of aliphatic hydroxyl groups excluding tert-OH is 1. The Bertz CT molecular complexity index is 438. The van der Waals surface area contributed by atoms with Gasteiger partial charge in [0.2, 0.25) is 5.91 Å². The van der Waals surface area contributed by atoms with E-state index in [9.17, 15) is 4.79 Å². The molecule has 3 nitrogen and oxygen atoms in total. The highest BCUT2D eigenvalue weighted by Crippen LogP contribution is 2.27. The monoisotopic (exact) mass is 299 g/mol. The third-order valence-corrected chi connectivity index (χ3v) is 4.68. The molecule has 0 bridgehead atoms. The molecule has 0 aromatic heterocycles. The van der Waals surface area contributed by atoms with Gasteiger partial charge in [0.1, 0.15) is 0 Å². The van der Waals surface area contributed by atoms with Gasteiger partial charge in [-0.25, -0.2) is 0 Å². The van der Waals surface area contributed by atoms with Crippen molar-refractivity contribution in [1.29, 1.82) is 0 Å². The Morgan fingerprint density at radius 1 is 1.53 bits per heavy atom. The predicted octanol–water partition coefficient (Wildman–Crippen LogP) is 2.66. The third-order valence-electron chi connectivity index (χ3n) is 3.33. The second kappa shape index (κ2) is 6.64. The Morgan fingerprint density at radius 3 is 2.79 bits per heavy atom. The molecule has 1 aliphatic rings. The molecule has 0 aliphatic carbocycles. The van der Waals surface area contributed by atoms with Gasteiger partial charge in [-0.3, -0.25) is 4.79 Å². The van der Waals surface area contributed by atoms with Gasteiger partial charge >= 0.3 is 0 Å². The van der Waals surface area contributed by atoms with E-state index in [2.05, 4.69) is 0 Å². The molecule has 19 heavy (non-hydrogen) atoms. The number of aliphatic hydroxyl groups is 1. The topological polar surface area (TPSA) is 40.5 Å². The van der Waals surface area contributed by atoms with Gasteiger partial charge in [0, 0.05) is 35.5 Å². The fourth-order valence-corrected chi connectivity index (χ4v) is 3.28. The fourth-order valence-electron chi connectivity index (χ4n) is 2.21. The standard InChI is InChI=1S/C14H18ClNO2S/c1-10(19-13-4-2-12(15)3-5-13)14(18)16-7-6-11(8-16)9-17/h2-5,10-11,17H,6-9H2,1H3. The van der Waals surface area contributed by atoms with Crippen LogP contribution in [0.4, 0.5) is 0 Å². The van der Waals surface area contributed by atoms with Crippen LogP contribution in [0.25, 0.3) is 0 Å². The normalized spacial score (nSPS) is 20.6. The van der Waals surface area contributed by atoms with Gasteiger partial charge in [-0.05, 0) is 37.6 Å². The Morgan fingerprint density at radius 2 is 2.21 bits per heavy atom. The molecule has 0 spiro atoms. The molecule has 1 fully saturated rings. The van der Waals surface area contributed by atoms with Crippen LogP contribution in [0.2, 0.25) is 5.02 Å². The lowest BCUT2D eigenvalue weighted by Gasteiger charge is -2.20. The van der Waals surface area contributed by atoms with E-state index in [0.29, 0.717) is 11.6 Å². The molecule has 2 unspecified atom stereocenters. The molecule has 1 saturated heterocycles. The first-order valence-corrected chi connectivity index (χ1v) is 7.67. The third kappa shape index (κ3) is 3.88.